The van der Waals surface area contributed by atoms with E-state index >= 15 is 0 Å². The summed E-state index contributed by atoms with van der Waals surface area (Å²) in [5.41, 5.74) is -1.94. The maximum atomic E-state index is 12.6. The molecule has 0 radical (unpaired) electrons. The van der Waals surface area contributed by atoms with Crippen LogP contribution in [0.25, 0.3) is 0 Å². The second kappa shape index (κ2) is 14.0. The Hall–Kier alpha value is -2.04. The van der Waals surface area contributed by atoms with Crippen molar-refractivity contribution in [3.05, 3.63) is 36.0 Å². The number of cyclic esters (lactones) is 1. The Morgan fingerprint density at radius 1 is 1.23 bits per heavy atom. The van der Waals surface area contributed by atoms with Gasteiger partial charge in [0.05, 0.1) is 24.7 Å². The van der Waals surface area contributed by atoms with Crippen LogP contribution in [0.1, 0.15) is 80.6 Å². The Balaban J connectivity index is 2.19. The maximum Gasteiger partial charge on any atom is 0.309 e. The Morgan fingerprint density at radius 3 is 2.49 bits per heavy atom. The third kappa shape index (κ3) is 9.25. The van der Waals surface area contributed by atoms with Crippen LogP contribution in [0.4, 0.5) is 0 Å². The topological polar surface area (TPSA) is 143 Å². The zero-order chi connectivity index (χ0) is 29.5. The Bertz CT molecular complexity index is 919. The highest BCUT2D eigenvalue weighted by atomic mass is 16.6. The summed E-state index contributed by atoms with van der Waals surface area (Å²) >= 11 is 0. The van der Waals surface area contributed by atoms with Gasteiger partial charge in [0.15, 0.2) is 0 Å². The second-order valence-electron chi connectivity index (χ2n) is 11.7. The molecule has 4 N–H and O–H groups in total. The van der Waals surface area contributed by atoms with E-state index in [0.29, 0.717) is 12.8 Å². The lowest BCUT2D eigenvalue weighted by molar-refractivity contribution is -0.157. The molecule has 1 fully saturated rings. The van der Waals surface area contributed by atoms with Gasteiger partial charge in [0.1, 0.15) is 29.5 Å². The first-order valence-electron chi connectivity index (χ1n) is 13.9. The van der Waals surface area contributed by atoms with Crippen molar-refractivity contribution in [3.63, 3.8) is 0 Å². The predicted molar refractivity (Wildman–Crippen MR) is 146 cm³/mol. The zero-order valence-corrected chi connectivity index (χ0v) is 24.4. The fraction of sp³-hybridized carbons (Fsp3) is 0.733. The van der Waals surface area contributed by atoms with E-state index in [1.807, 2.05) is 45.9 Å². The monoisotopic (exact) mass is 552 g/mol. The van der Waals surface area contributed by atoms with Crippen molar-refractivity contribution in [2.75, 3.05) is 0 Å². The average molecular weight is 553 g/mol. The minimum atomic E-state index is -1.42. The highest BCUT2D eigenvalue weighted by molar-refractivity contribution is 5.70. The van der Waals surface area contributed by atoms with Crippen molar-refractivity contribution in [1.29, 1.82) is 0 Å². The van der Waals surface area contributed by atoms with Crippen LogP contribution < -0.4 is 0 Å². The summed E-state index contributed by atoms with van der Waals surface area (Å²) in [5, 5.41) is 42.4. The minimum Gasteiger partial charge on any atom is -0.457 e. The van der Waals surface area contributed by atoms with Gasteiger partial charge in [-0.1, -0.05) is 45.1 Å². The van der Waals surface area contributed by atoms with Crippen LogP contribution in [0, 0.1) is 11.8 Å². The number of allylic oxidation sites excluding steroid dienone is 3. The van der Waals surface area contributed by atoms with Crippen LogP contribution in [-0.4, -0.2) is 80.2 Å². The molecule has 0 spiro atoms. The first-order chi connectivity index (χ1) is 18.1. The predicted octanol–water partition coefficient (Wildman–Crippen LogP) is 3.14. The summed E-state index contributed by atoms with van der Waals surface area (Å²) in [5.74, 6) is -1.36. The van der Waals surface area contributed by atoms with Gasteiger partial charge < -0.3 is 34.6 Å². The van der Waals surface area contributed by atoms with E-state index in [2.05, 4.69) is 0 Å². The molecule has 39 heavy (non-hydrogen) atoms. The highest BCUT2D eigenvalue weighted by Gasteiger charge is 2.50. The normalized spacial score (nSPS) is 40.4. The zero-order valence-electron chi connectivity index (χ0n) is 24.4. The van der Waals surface area contributed by atoms with E-state index in [9.17, 15) is 30.0 Å². The largest absolute Gasteiger partial charge is 0.457 e. The first-order valence-corrected chi connectivity index (χ1v) is 13.9. The Labute approximate surface area is 232 Å². The molecule has 9 nitrogen and oxygen atoms in total. The molecule has 2 aliphatic heterocycles. The molecule has 2 rings (SSSR count). The van der Waals surface area contributed by atoms with Gasteiger partial charge in [-0.3, -0.25) is 9.59 Å². The molecule has 0 saturated carbocycles. The summed E-state index contributed by atoms with van der Waals surface area (Å²) in [6.07, 6.45) is 5.79. The lowest BCUT2D eigenvalue weighted by Crippen LogP contribution is -2.45. The smallest absolute Gasteiger partial charge is 0.309 e. The SMILES string of the molecule is CCC1OC(CC(C)/C=C/C=C(\C)C2OC(=O)CC(O)CCC(C)(O)C(OC(C)=O)/C=C\C2C)C(O)C1(C)O. The van der Waals surface area contributed by atoms with E-state index < -0.39 is 59.8 Å². The molecule has 10 atom stereocenters. The van der Waals surface area contributed by atoms with E-state index in [-0.39, 0.29) is 31.1 Å². The first kappa shape index (κ1) is 33.2. The average Bonchev–Trinajstić information content (AvgIpc) is 3.05. The fourth-order valence-electron chi connectivity index (χ4n) is 5.25. The lowest BCUT2D eigenvalue weighted by Gasteiger charge is -2.32. The van der Waals surface area contributed by atoms with Crippen molar-refractivity contribution >= 4 is 11.9 Å². The summed E-state index contributed by atoms with van der Waals surface area (Å²) in [7, 11) is 0. The summed E-state index contributed by atoms with van der Waals surface area (Å²) in [6, 6.07) is 0. The summed E-state index contributed by atoms with van der Waals surface area (Å²) < 4.78 is 17.0. The molecule has 2 aliphatic rings. The second-order valence-corrected chi connectivity index (χ2v) is 11.7. The third-order valence-corrected chi connectivity index (χ3v) is 7.78. The molecule has 0 bridgehead atoms. The number of hydrogen-bond donors (Lipinski definition) is 4. The van der Waals surface area contributed by atoms with Gasteiger partial charge in [-0.05, 0) is 64.0 Å². The van der Waals surface area contributed by atoms with Crippen molar-refractivity contribution in [3.8, 4) is 0 Å². The van der Waals surface area contributed by atoms with E-state index in [1.54, 1.807) is 26.0 Å². The number of hydrogen-bond acceptors (Lipinski definition) is 9. The van der Waals surface area contributed by atoms with Crippen LogP contribution in [0.5, 0.6) is 0 Å². The Morgan fingerprint density at radius 2 is 1.90 bits per heavy atom. The van der Waals surface area contributed by atoms with Crippen molar-refractivity contribution in [2.24, 2.45) is 11.8 Å². The van der Waals surface area contributed by atoms with Crippen LogP contribution in [-0.2, 0) is 23.8 Å². The van der Waals surface area contributed by atoms with Crippen LogP contribution in [0.15, 0.2) is 36.0 Å². The molecular weight excluding hydrogens is 504 g/mol. The lowest BCUT2D eigenvalue weighted by atomic mass is 9.88. The third-order valence-electron chi connectivity index (χ3n) is 7.78. The van der Waals surface area contributed by atoms with E-state index in [1.165, 1.54) is 6.92 Å². The minimum absolute atomic E-state index is 0.0400. The maximum absolute atomic E-state index is 12.6. The molecule has 1 saturated heterocycles. The molecule has 0 aromatic rings. The van der Waals surface area contributed by atoms with Gasteiger partial charge in [-0.2, -0.15) is 0 Å². The van der Waals surface area contributed by atoms with E-state index in [0.717, 1.165) is 5.57 Å². The number of carbonyl (C=O) groups is 2. The van der Waals surface area contributed by atoms with Crippen molar-refractivity contribution in [2.45, 2.75) is 128 Å². The number of aliphatic hydroxyl groups excluding tert-OH is 2. The number of carbonyl (C=O) groups excluding carboxylic acids is 2. The standard InChI is InChI=1S/C30H48O9/c1-8-24-30(7,36)28(34)23(38-24)16-18(2)10-9-11-19(3)27-20(4)12-13-25(37-21(5)31)29(6,35)15-14-22(32)17-26(33)39-27/h9-13,18,20,22-25,27-28,32,34-36H,8,14-17H2,1-7H3/b10-9+,13-12-,19-11+. The van der Waals surface area contributed by atoms with Crippen molar-refractivity contribution in [1.82, 2.24) is 0 Å². The Kier molecular flexibility index (Phi) is 11.9. The number of rotatable bonds is 7. The van der Waals surface area contributed by atoms with Gasteiger partial charge in [0.25, 0.3) is 0 Å². The molecule has 0 amide bonds. The molecule has 0 aromatic heterocycles. The quantitative estimate of drug-likeness (QED) is 0.213. The highest BCUT2D eigenvalue weighted by Crippen LogP contribution is 2.35. The molecular formula is C30H48O9. The number of ether oxygens (including phenoxy) is 3. The molecule has 0 aromatic carbocycles. The van der Waals surface area contributed by atoms with Gasteiger partial charge in [0.2, 0.25) is 0 Å². The number of aliphatic hydroxyl groups is 4. The van der Waals surface area contributed by atoms with Crippen LogP contribution in [0.3, 0.4) is 0 Å². The molecule has 2 heterocycles. The number of esters is 2. The van der Waals surface area contributed by atoms with E-state index in [4.69, 9.17) is 14.2 Å². The molecule has 222 valence electrons. The van der Waals surface area contributed by atoms with Gasteiger partial charge in [0, 0.05) is 12.8 Å². The van der Waals surface area contributed by atoms with Crippen LogP contribution >= 0.6 is 0 Å². The van der Waals surface area contributed by atoms with Gasteiger partial charge in [-0.15, -0.1) is 0 Å². The molecule has 0 aliphatic carbocycles. The molecule has 10 unspecified atom stereocenters. The fourth-order valence-corrected chi connectivity index (χ4v) is 5.25. The molecule has 9 heteroatoms. The summed E-state index contributed by atoms with van der Waals surface area (Å²) in [4.78, 5) is 24.3. The van der Waals surface area contributed by atoms with Crippen LogP contribution in [0.2, 0.25) is 0 Å². The van der Waals surface area contributed by atoms with Gasteiger partial charge >= 0.3 is 11.9 Å². The summed E-state index contributed by atoms with van der Waals surface area (Å²) in [6.45, 7) is 12.0. The van der Waals surface area contributed by atoms with Crippen molar-refractivity contribution < 1.29 is 44.2 Å². The van der Waals surface area contributed by atoms with Gasteiger partial charge in [-0.25, -0.2) is 0 Å².